The highest BCUT2D eigenvalue weighted by atomic mass is 32.2. The van der Waals surface area contributed by atoms with E-state index in [0.29, 0.717) is 5.75 Å². The number of rotatable bonds is 5. The molecule has 24 heavy (non-hydrogen) atoms. The zero-order valence-corrected chi connectivity index (χ0v) is 14.9. The Balaban J connectivity index is 1.86. The highest BCUT2D eigenvalue weighted by Gasteiger charge is 2.13. The molecule has 2 aromatic heterocycles. The lowest BCUT2D eigenvalue weighted by atomic mass is 10.2. The Labute approximate surface area is 149 Å². The summed E-state index contributed by atoms with van der Waals surface area (Å²) in [6, 6.07) is 11.8. The van der Waals surface area contributed by atoms with Crippen molar-refractivity contribution in [3.05, 3.63) is 42.1 Å². The first-order valence-electron chi connectivity index (χ1n) is 7.23. The molecular weight excluding hydrogens is 338 g/mol. The minimum absolute atomic E-state index is 0.592. The normalized spacial score (nSPS) is 10.4. The number of aryl methyl sites for hydroxylation is 1. The molecular formula is C18H15N3OS2. The second-order valence-corrected chi connectivity index (χ2v) is 6.91. The van der Waals surface area contributed by atoms with Crippen LogP contribution in [0.25, 0.3) is 21.1 Å². The first-order chi connectivity index (χ1) is 11.7. The molecule has 4 nitrogen and oxygen atoms in total. The van der Waals surface area contributed by atoms with Crippen molar-refractivity contribution in [2.24, 2.45) is 0 Å². The third-order valence-corrected chi connectivity index (χ3v) is 5.36. The smallest absolute Gasteiger partial charge is 0.124 e. The predicted molar refractivity (Wildman–Crippen MR) is 99.4 cm³/mol. The van der Waals surface area contributed by atoms with Gasteiger partial charge in [-0.15, -0.1) is 28.0 Å². The van der Waals surface area contributed by atoms with Gasteiger partial charge in [-0.2, -0.15) is 0 Å². The number of methoxy groups -OCH3 is 1. The van der Waals surface area contributed by atoms with Gasteiger partial charge in [-0.25, -0.2) is 4.98 Å². The minimum Gasteiger partial charge on any atom is -0.497 e. The Morgan fingerprint density at radius 3 is 2.58 bits per heavy atom. The number of ether oxygens (including phenoxy) is 1. The summed E-state index contributed by atoms with van der Waals surface area (Å²) in [5.74, 6) is 4.00. The average Bonchev–Trinajstić information content (AvgIpc) is 3.02. The molecule has 0 radical (unpaired) electrons. The van der Waals surface area contributed by atoms with E-state index in [-0.39, 0.29) is 0 Å². The molecule has 3 rings (SSSR count). The quantitative estimate of drug-likeness (QED) is 0.505. The van der Waals surface area contributed by atoms with Gasteiger partial charge < -0.3 is 4.74 Å². The lowest BCUT2D eigenvalue weighted by molar-refractivity contribution is 0.415. The number of thioether (sulfide) groups is 1. The van der Waals surface area contributed by atoms with Crippen LogP contribution in [0.3, 0.4) is 0 Å². The fraction of sp³-hybridized carbons (Fsp3) is 0.167. The Morgan fingerprint density at radius 1 is 1.17 bits per heavy atom. The predicted octanol–water partition coefficient (Wildman–Crippen LogP) is 4.31. The lowest BCUT2D eigenvalue weighted by Gasteiger charge is -2.00. The van der Waals surface area contributed by atoms with Crippen LogP contribution < -0.4 is 4.74 Å². The van der Waals surface area contributed by atoms with Gasteiger partial charge in [-0.1, -0.05) is 17.7 Å². The maximum atomic E-state index is 5.26. The van der Waals surface area contributed by atoms with Crippen LogP contribution in [-0.2, 0) is 0 Å². The second kappa shape index (κ2) is 7.47. The maximum Gasteiger partial charge on any atom is 0.124 e. The number of nitrogens with zero attached hydrogens (tertiary/aromatic N) is 3. The monoisotopic (exact) mass is 353 g/mol. The zero-order chi connectivity index (χ0) is 16.9. The van der Waals surface area contributed by atoms with E-state index in [1.807, 2.05) is 43.3 Å². The molecule has 0 aliphatic heterocycles. The van der Waals surface area contributed by atoms with E-state index >= 15 is 0 Å². The van der Waals surface area contributed by atoms with E-state index in [2.05, 4.69) is 21.1 Å². The van der Waals surface area contributed by atoms with Gasteiger partial charge in [0.2, 0.25) is 0 Å². The van der Waals surface area contributed by atoms with Gasteiger partial charge in [0.25, 0.3) is 0 Å². The van der Waals surface area contributed by atoms with Crippen molar-refractivity contribution in [1.82, 2.24) is 15.2 Å². The standard InChI is InChI=1S/C18H15N3OS2/c1-4-11-23-16-10-9-15(20-21-16)17-12(2)19-18(24-17)13-5-7-14(22-3)8-6-13/h1,5-10H,11H2,2-3H3. The van der Waals surface area contributed by atoms with Crippen LogP contribution in [0.4, 0.5) is 0 Å². The highest BCUT2D eigenvalue weighted by molar-refractivity contribution is 7.99. The van der Waals surface area contributed by atoms with E-state index in [1.54, 1.807) is 18.4 Å². The topological polar surface area (TPSA) is 47.9 Å². The molecule has 0 aliphatic rings. The highest BCUT2D eigenvalue weighted by Crippen LogP contribution is 2.34. The van der Waals surface area contributed by atoms with Gasteiger partial charge in [-0.05, 0) is 43.3 Å². The minimum atomic E-state index is 0.592. The molecule has 1 aromatic carbocycles. The van der Waals surface area contributed by atoms with Crippen molar-refractivity contribution in [3.63, 3.8) is 0 Å². The Kier molecular flexibility index (Phi) is 5.14. The van der Waals surface area contributed by atoms with Gasteiger partial charge >= 0.3 is 0 Å². The summed E-state index contributed by atoms with van der Waals surface area (Å²) in [5.41, 5.74) is 2.84. The van der Waals surface area contributed by atoms with Gasteiger partial charge in [-0.3, -0.25) is 0 Å². The Bertz CT molecular complexity index is 865. The van der Waals surface area contributed by atoms with Gasteiger partial charge in [0.15, 0.2) is 0 Å². The first-order valence-corrected chi connectivity index (χ1v) is 9.03. The Morgan fingerprint density at radius 2 is 1.96 bits per heavy atom. The largest absolute Gasteiger partial charge is 0.497 e. The molecule has 0 bridgehead atoms. The van der Waals surface area contributed by atoms with Crippen LogP contribution in [0.5, 0.6) is 5.75 Å². The van der Waals surface area contributed by atoms with Crippen LogP contribution in [-0.4, -0.2) is 28.0 Å². The lowest BCUT2D eigenvalue weighted by Crippen LogP contribution is -1.89. The number of hydrogen-bond donors (Lipinski definition) is 0. The van der Waals surface area contributed by atoms with Crippen molar-refractivity contribution in [3.8, 4) is 39.2 Å². The summed E-state index contributed by atoms with van der Waals surface area (Å²) < 4.78 is 5.19. The molecule has 0 N–H and O–H groups in total. The molecule has 0 saturated carbocycles. The summed E-state index contributed by atoms with van der Waals surface area (Å²) >= 11 is 3.11. The van der Waals surface area contributed by atoms with Crippen LogP contribution in [0.1, 0.15) is 5.69 Å². The number of aromatic nitrogens is 3. The molecule has 0 saturated heterocycles. The molecule has 0 spiro atoms. The van der Waals surface area contributed by atoms with Crippen LogP contribution >= 0.6 is 23.1 Å². The van der Waals surface area contributed by atoms with Gasteiger partial charge in [0.1, 0.15) is 21.5 Å². The van der Waals surface area contributed by atoms with Crippen LogP contribution in [0, 0.1) is 19.3 Å². The SMILES string of the molecule is C#CCSc1ccc(-c2sc(-c3ccc(OC)cc3)nc2C)nn1. The molecule has 3 aromatic rings. The van der Waals surface area contributed by atoms with E-state index in [1.165, 1.54) is 11.8 Å². The molecule has 6 heteroatoms. The van der Waals surface area contributed by atoms with Crippen molar-refractivity contribution >= 4 is 23.1 Å². The molecule has 120 valence electrons. The van der Waals surface area contributed by atoms with E-state index < -0.39 is 0 Å². The fourth-order valence-corrected chi connectivity index (χ4v) is 3.66. The third-order valence-electron chi connectivity index (χ3n) is 3.31. The van der Waals surface area contributed by atoms with Crippen LogP contribution in [0.15, 0.2) is 41.4 Å². The Hall–Kier alpha value is -2.36. The van der Waals surface area contributed by atoms with Crippen molar-refractivity contribution in [1.29, 1.82) is 0 Å². The van der Waals surface area contributed by atoms with Crippen molar-refractivity contribution in [2.75, 3.05) is 12.9 Å². The number of benzene rings is 1. The van der Waals surface area contributed by atoms with Crippen molar-refractivity contribution in [2.45, 2.75) is 11.9 Å². The number of thiazole rings is 1. The summed E-state index contributed by atoms with van der Waals surface area (Å²) in [4.78, 5) is 5.69. The first kappa shape index (κ1) is 16.5. The summed E-state index contributed by atoms with van der Waals surface area (Å²) in [6.07, 6.45) is 5.26. The molecule has 2 heterocycles. The zero-order valence-electron chi connectivity index (χ0n) is 13.3. The molecule has 0 atom stereocenters. The van der Waals surface area contributed by atoms with Gasteiger partial charge in [0, 0.05) is 5.56 Å². The molecule has 0 amide bonds. The third kappa shape index (κ3) is 3.58. The molecule has 0 aliphatic carbocycles. The van der Waals surface area contributed by atoms with E-state index in [0.717, 1.165) is 37.6 Å². The van der Waals surface area contributed by atoms with Gasteiger partial charge in [0.05, 0.1) is 23.4 Å². The average molecular weight is 353 g/mol. The fourth-order valence-electron chi connectivity index (χ4n) is 2.12. The maximum absolute atomic E-state index is 5.26. The summed E-state index contributed by atoms with van der Waals surface area (Å²) in [5, 5.41) is 10.3. The number of terminal acetylenes is 1. The van der Waals surface area contributed by atoms with Crippen LogP contribution in [0.2, 0.25) is 0 Å². The second-order valence-electron chi connectivity index (χ2n) is 4.91. The van der Waals surface area contributed by atoms with E-state index in [4.69, 9.17) is 11.2 Å². The summed E-state index contributed by atoms with van der Waals surface area (Å²) in [6.45, 7) is 1.99. The van der Waals surface area contributed by atoms with E-state index in [9.17, 15) is 0 Å². The molecule has 0 fully saturated rings. The molecule has 0 unspecified atom stereocenters. The summed E-state index contributed by atoms with van der Waals surface area (Å²) in [7, 11) is 1.66. The van der Waals surface area contributed by atoms with Crippen molar-refractivity contribution < 1.29 is 4.74 Å². The number of hydrogen-bond acceptors (Lipinski definition) is 6.